The molecule has 0 amide bonds. The number of nitrogens with one attached hydrogen (secondary N) is 1. The van der Waals surface area contributed by atoms with Crippen LogP contribution in [0.25, 0.3) is 0 Å². The number of aromatic nitrogens is 4. The summed E-state index contributed by atoms with van der Waals surface area (Å²) in [6.07, 6.45) is 1.06. The molecule has 0 saturated carbocycles. The number of hydrogen-bond donors (Lipinski definition) is 1. The fraction of sp³-hybridized carbons (Fsp3) is 0.417. The van der Waals surface area contributed by atoms with Crippen molar-refractivity contribution in [3.05, 3.63) is 34.9 Å². The molecule has 20 heavy (non-hydrogen) atoms. The van der Waals surface area contributed by atoms with E-state index in [2.05, 4.69) is 20.8 Å². The molecule has 0 fully saturated rings. The van der Waals surface area contributed by atoms with Gasteiger partial charge in [0.05, 0.1) is 0 Å². The lowest BCUT2D eigenvalue weighted by Gasteiger charge is -2.06. The quantitative estimate of drug-likeness (QED) is 0.623. The van der Waals surface area contributed by atoms with Gasteiger partial charge in [0.15, 0.2) is 0 Å². The first-order valence-corrected chi connectivity index (χ1v) is 7.43. The second-order valence-corrected chi connectivity index (χ2v) is 5.52. The summed E-state index contributed by atoms with van der Waals surface area (Å²) in [6, 6.07) is 7.89. The van der Waals surface area contributed by atoms with Crippen molar-refractivity contribution < 1.29 is 0 Å². The topological polar surface area (TPSA) is 55.6 Å². The van der Waals surface area contributed by atoms with E-state index in [9.17, 15) is 0 Å². The average Bonchev–Trinajstić information content (AvgIpc) is 2.81. The molecule has 0 aliphatic heterocycles. The molecule has 2 aromatic rings. The molecule has 0 aliphatic carbocycles. The zero-order valence-corrected chi connectivity index (χ0v) is 13.5. The highest BCUT2D eigenvalue weighted by atomic mass is 35.5. The minimum atomic E-state index is 0. The van der Waals surface area contributed by atoms with Gasteiger partial charge in [0.2, 0.25) is 5.16 Å². The molecule has 2 rings (SSSR count). The SMILES string of the molecule is Cl.Cn1nnnc1SCCCNCc1ccccc1Cl. The van der Waals surface area contributed by atoms with Gasteiger partial charge < -0.3 is 5.32 Å². The fourth-order valence-electron chi connectivity index (χ4n) is 1.57. The van der Waals surface area contributed by atoms with Gasteiger partial charge in [-0.25, -0.2) is 4.68 Å². The number of benzene rings is 1. The van der Waals surface area contributed by atoms with Crippen molar-refractivity contribution in [3.8, 4) is 0 Å². The zero-order chi connectivity index (χ0) is 13.5. The van der Waals surface area contributed by atoms with Crippen LogP contribution >= 0.6 is 35.8 Å². The van der Waals surface area contributed by atoms with Gasteiger partial charge in [-0.05, 0) is 35.0 Å². The first-order chi connectivity index (χ1) is 9.27. The Labute approximate surface area is 133 Å². The Morgan fingerprint density at radius 3 is 2.85 bits per heavy atom. The normalized spacial score (nSPS) is 10.3. The van der Waals surface area contributed by atoms with E-state index >= 15 is 0 Å². The highest BCUT2D eigenvalue weighted by molar-refractivity contribution is 7.99. The van der Waals surface area contributed by atoms with Crippen LogP contribution < -0.4 is 5.32 Å². The minimum Gasteiger partial charge on any atom is -0.313 e. The lowest BCUT2D eigenvalue weighted by molar-refractivity contribution is 0.661. The van der Waals surface area contributed by atoms with Crippen molar-refractivity contribution in [3.63, 3.8) is 0 Å². The van der Waals surface area contributed by atoms with Crippen LogP contribution in [0, 0.1) is 0 Å². The average molecular weight is 334 g/mol. The zero-order valence-electron chi connectivity index (χ0n) is 11.1. The summed E-state index contributed by atoms with van der Waals surface area (Å²) >= 11 is 7.74. The van der Waals surface area contributed by atoms with Crippen LogP contribution in [0.4, 0.5) is 0 Å². The number of halogens is 2. The second-order valence-electron chi connectivity index (χ2n) is 4.06. The number of rotatable bonds is 7. The van der Waals surface area contributed by atoms with E-state index in [1.807, 2.05) is 31.3 Å². The smallest absolute Gasteiger partial charge is 0.209 e. The molecular formula is C12H17Cl2N5S. The molecule has 0 bridgehead atoms. The Bertz CT molecular complexity index is 520. The Balaban J connectivity index is 0.00000200. The molecule has 1 aromatic heterocycles. The maximum Gasteiger partial charge on any atom is 0.209 e. The van der Waals surface area contributed by atoms with E-state index in [0.717, 1.165) is 41.0 Å². The molecule has 110 valence electrons. The van der Waals surface area contributed by atoms with Gasteiger partial charge in [0.1, 0.15) is 0 Å². The van der Waals surface area contributed by atoms with Gasteiger partial charge in [-0.15, -0.1) is 17.5 Å². The van der Waals surface area contributed by atoms with Crippen LogP contribution in [-0.2, 0) is 13.6 Å². The summed E-state index contributed by atoms with van der Waals surface area (Å²) in [7, 11) is 1.85. The molecule has 1 N–H and O–H groups in total. The van der Waals surface area contributed by atoms with Crippen LogP contribution in [0.3, 0.4) is 0 Å². The van der Waals surface area contributed by atoms with Crippen LogP contribution in [0.5, 0.6) is 0 Å². The van der Waals surface area contributed by atoms with Crippen molar-refractivity contribution in [2.24, 2.45) is 7.05 Å². The third-order valence-corrected chi connectivity index (χ3v) is 4.05. The Morgan fingerprint density at radius 1 is 1.35 bits per heavy atom. The Hall–Kier alpha value is -0.820. The van der Waals surface area contributed by atoms with E-state index in [1.165, 1.54) is 0 Å². The number of aryl methyl sites for hydroxylation is 1. The third-order valence-electron chi connectivity index (χ3n) is 2.58. The molecule has 0 saturated heterocycles. The third kappa shape index (κ3) is 5.28. The van der Waals surface area contributed by atoms with Gasteiger partial charge in [-0.2, -0.15) is 0 Å². The summed E-state index contributed by atoms with van der Waals surface area (Å²) in [4.78, 5) is 0. The molecule has 0 aliphatic rings. The second kappa shape index (κ2) is 9.18. The van der Waals surface area contributed by atoms with E-state index < -0.39 is 0 Å². The number of tetrazole rings is 1. The summed E-state index contributed by atoms with van der Waals surface area (Å²) in [6.45, 7) is 1.75. The van der Waals surface area contributed by atoms with Crippen molar-refractivity contribution in [1.29, 1.82) is 0 Å². The predicted molar refractivity (Wildman–Crippen MR) is 84.5 cm³/mol. The maximum atomic E-state index is 6.08. The van der Waals surface area contributed by atoms with E-state index in [4.69, 9.17) is 11.6 Å². The van der Waals surface area contributed by atoms with Gasteiger partial charge in [-0.1, -0.05) is 41.6 Å². The van der Waals surface area contributed by atoms with Crippen molar-refractivity contribution >= 4 is 35.8 Å². The lowest BCUT2D eigenvalue weighted by Crippen LogP contribution is -2.15. The molecule has 0 spiro atoms. The summed E-state index contributed by atoms with van der Waals surface area (Å²) in [5, 5.41) is 16.4. The molecule has 1 aromatic carbocycles. The highest BCUT2D eigenvalue weighted by Gasteiger charge is 2.02. The van der Waals surface area contributed by atoms with Crippen LogP contribution in [0.1, 0.15) is 12.0 Å². The van der Waals surface area contributed by atoms with Gasteiger partial charge in [0, 0.05) is 24.4 Å². The first-order valence-electron chi connectivity index (χ1n) is 6.06. The highest BCUT2D eigenvalue weighted by Crippen LogP contribution is 2.15. The van der Waals surface area contributed by atoms with Crippen LogP contribution in [0.15, 0.2) is 29.4 Å². The Morgan fingerprint density at radius 2 is 2.15 bits per heavy atom. The number of hydrogen-bond acceptors (Lipinski definition) is 5. The molecule has 1 heterocycles. The molecule has 8 heteroatoms. The minimum absolute atomic E-state index is 0. The van der Waals surface area contributed by atoms with Crippen LogP contribution in [-0.4, -0.2) is 32.5 Å². The summed E-state index contributed by atoms with van der Waals surface area (Å²) in [5.74, 6) is 0.990. The monoisotopic (exact) mass is 333 g/mol. The molecule has 0 unspecified atom stereocenters. The Kier molecular flexibility index (Phi) is 7.91. The van der Waals surface area contributed by atoms with Gasteiger partial charge in [-0.3, -0.25) is 0 Å². The molecule has 0 radical (unpaired) electrons. The van der Waals surface area contributed by atoms with E-state index in [1.54, 1.807) is 16.4 Å². The van der Waals surface area contributed by atoms with Crippen LogP contribution in [0.2, 0.25) is 5.02 Å². The standard InChI is InChI=1S/C12H16ClN5S.ClH/c1-18-12(15-16-17-18)19-8-4-7-14-9-10-5-2-3-6-11(10)13;/h2-3,5-6,14H,4,7-9H2,1H3;1H. The summed E-state index contributed by atoms with van der Waals surface area (Å²) < 4.78 is 1.68. The molecule has 5 nitrogen and oxygen atoms in total. The maximum absolute atomic E-state index is 6.08. The number of nitrogens with zero attached hydrogens (tertiary/aromatic N) is 4. The van der Waals surface area contributed by atoms with Crippen molar-refractivity contribution in [2.75, 3.05) is 12.3 Å². The first kappa shape index (κ1) is 17.2. The fourth-order valence-corrected chi connectivity index (χ4v) is 2.56. The largest absolute Gasteiger partial charge is 0.313 e. The van der Waals surface area contributed by atoms with E-state index in [0.29, 0.717) is 0 Å². The number of thioether (sulfide) groups is 1. The van der Waals surface area contributed by atoms with Gasteiger partial charge in [0.25, 0.3) is 0 Å². The van der Waals surface area contributed by atoms with E-state index in [-0.39, 0.29) is 12.4 Å². The predicted octanol–water partition coefficient (Wildman–Crippen LogP) is 2.56. The molecule has 0 atom stereocenters. The van der Waals surface area contributed by atoms with Crippen molar-refractivity contribution in [1.82, 2.24) is 25.5 Å². The summed E-state index contributed by atoms with van der Waals surface area (Å²) in [5.41, 5.74) is 1.13. The molecular weight excluding hydrogens is 317 g/mol. The lowest BCUT2D eigenvalue weighted by atomic mass is 10.2. The van der Waals surface area contributed by atoms with Gasteiger partial charge >= 0.3 is 0 Å². The van der Waals surface area contributed by atoms with Crippen molar-refractivity contribution in [2.45, 2.75) is 18.1 Å².